The number of pyridine rings is 1. The van der Waals surface area contributed by atoms with Crippen LogP contribution >= 0.6 is 0 Å². The SMILES string of the molecule is CN(C)c1ncc(CN2CCC3(CCC(=O)N(Cc4ccncc4)C3)CC2)cn1. The molecule has 1 amide bonds. The van der Waals surface area contributed by atoms with Crippen LogP contribution in [0.5, 0.6) is 0 Å². The summed E-state index contributed by atoms with van der Waals surface area (Å²) in [7, 11) is 3.90. The molecule has 2 saturated heterocycles. The lowest BCUT2D eigenvalue weighted by Crippen LogP contribution is -2.51. The van der Waals surface area contributed by atoms with Crippen LogP contribution in [0.2, 0.25) is 0 Å². The molecule has 0 bridgehead atoms. The van der Waals surface area contributed by atoms with Crippen molar-refractivity contribution in [3.05, 3.63) is 48.0 Å². The fourth-order valence-electron chi connectivity index (χ4n) is 4.47. The Morgan fingerprint density at radius 2 is 1.69 bits per heavy atom. The molecule has 2 fully saturated rings. The topological polar surface area (TPSA) is 65.5 Å². The van der Waals surface area contributed by atoms with Gasteiger partial charge in [-0.1, -0.05) is 0 Å². The van der Waals surface area contributed by atoms with Crippen molar-refractivity contribution in [1.29, 1.82) is 0 Å². The Bertz CT molecular complexity index is 815. The number of hydrogen-bond acceptors (Lipinski definition) is 6. The number of anilines is 1. The number of piperidine rings is 2. The summed E-state index contributed by atoms with van der Waals surface area (Å²) >= 11 is 0. The van der Waals surface area contributed by atoms with Crippen LogP contribution in [-0.4, -0.2) is 64.4 Å². The number of nitrogens with zero attached hydrogens (tertiary/aromatic N) is 6. The number of carbonyl (C=O) groups excluding carboxylic acids is 1. The maximum absolute atomic E-state index is 12.5. The number of aromatic nitrogens is 3. The molecule has 7 nitrogen and oxygen atoms in total. The summed E-state index contributed by atoms with van der Waals surface area (Å²) in [5.74, 6) is 1.03. The molecule has 2 aliphatic heterocycles. The molecule has 154 valence electrons. The van der Waals surface area contributed by atoms with Crippen molar-refractivity contribution in [2.75, 3.05) is 38.6 Å². The normalized spacial score (nSPS) is 19.5. The molecule has 0 aliphatic carbocycles. The van der Waals surface area contributed by atoms with Crippen LogP contribution in [0.15, 0.2) is 36.9 Å². The van der Waals surface area contributed by atoms with Gasteiger partial charge in [-0.3, -0.25) is 14.7 Å². The maximum Gasteiger partial charge on any atom is 0.224 e. The average molecular weight is 395 g/mol. The lowest BCUT2D eigenvalue weighted by molar-refractivity contribution is -0.140. The summed E-state index contributed by atoms with van der Waals surface area (Å²) in [6.45, 7) is 4.59. The Morgan fingerprint density at radius 1 is 1.00 bits per heavy atom. The van der Waals surface area contributed by atoms with Crippen molar-refractivity contribution in [2.45, 2.75) is 38.8 Å². The Hall–Kier alpha value is -2.54. The third-order valence-electron chi connectivity index (χ3n) is 6.29. The largest absolute Gasteiger partial charge is 0.347 e. The summed E-state index contributed by atoms with van der Waals surface area (Å²) < 4.78 is 0. The molecule has 2 aliphatic rings. The van der Waals surface area contributed by atoms with Gasteiger partial charge in [-0.2, -0.15) is 0 Å². The molecule has 7 heteroatoms. The van der Waals surface area contributed by atoms with E-state index in [9.17, 15) is 4.79 Å². The number of rotatable bonds is 5. The van der Waals surface area contributed by atoms with Crippen molar-refractivity contribution in [2.24, 2.45) is 5.41 Å². The molecule has 2 aromatic heterocycles. The van der Waals surface area contributed by atoms with E-state index in [2.05, 4.69) is 24.8 Å². The number of amides is 1. The van der Waals surface area contributed by atoms with E-state index in [4.69, 9.17) is 0 Å². The van der Waals surface area contributed by atoms with Crippen LogP contribution in [0.3, 0.4) is 0 Å². The first-order valence-electron chi connectivity index (χ1n) is 10.4. The van der Waals surface area contributed by atoms with Crippen LogP contribution in [0.4, 0.5) is 5.95 Å². The first kappa shape index (κ1) is 19.8. The second-order valence-electron chi connectivity index (χ2n) is 8.67. The van der Waals surface area contributed by atoms with E-state index in [-0.39, 0.29) is 11.3 Å². The van der Waals surface area contributed by atoms with Gasteiger partial charge in [0.15, 0.2) is 0 Å². The highest BCUT2D eigenvalue weighted by atomic mass is 16.2. The van der Waals surface area contributed by atoms with Gasteiger partial charge in [0.25, 0.3) is 0 Å². The van der Waals surface area contributed by atoms with Gasteiger partial charge < -0.3 is 9.80 Å². The smallest absolute Gasteiger partial charge is 0.224 e. The quantitative estimate of drug-likeness (QED) is 0.776. The van der Waals surface area contributed by atoms with Crippen molar-refractivity contribution in [1.82, 2.24) is 24.8 Å². The van der Waals surface area contributed by atoms with E-state index in [1.54, 1.807) is 12.4 Å². The van der Waals surface area contributed by atoms with Crippen LogP contribution < -0.4 is 4.90 Å². The van der Waals surface area contributed by atoms with Gasteiger partial charge in [-0.15, -0.1) is 0 Å². The Balaban J connectivity index is 1.33. The molecule has 0 saturated carbocycles. The first-order valence-corrected chi connectivity index (χ1v) is 10.4. The summed E-state index contributed by atoms with van der Waals surface area (Å²) in [4.78, 5) is 31.9. The minimum atomic E-state index is 0.267. The van der Waals surface area contributed by atoms with E-state index in [0.29, 0.717) is 13.0 Å². The predicted octanol–water partition coefficient (Wildman–Crippen LogP) is 2.34. The number of likely N-dealkylation sites (tertiary alicyclic amines) is 2. The summed E-state index contributed by atoms with van der Waals surface area (Å²) in [5, 5.41) is 0. The summed E-state index contributed by atoms with van der Waals surface area (Å²) in [6.07, 6.45) is 11.4. The monoisotopic (exact) mass is 394 g/mol. The van der Waals surface area contributed by atoms with Crippen LogP contribution in [0, 0.1) is 5.41 Å². The lowest BCUT2D eigenvalue weighted by Gasteiger charge is -2.47. The molecule has 4 rings (SSSR count). The van der Waals surface area contributed by atoms with Gasteiger partial charge in [-0.25, -0.2) is 9.97 Å². The van der Waals surface area contributed by atoms with Gasteiger partial charge in [0.2, 0.25) is 11.9 Å². The van der Waals surface area contributed by atoms with Crippen molar-refractivity contribution in [3.63, 3.8) is 0 Å². The Morgan fingerprint density at radius 3 is 2.34 bits per heavy atom. The van der Waals surface area contributed by atoms with Crippen LogP contribution in [0.1, 0.15) is 36.8 Å². The minimum absolute atomic E-state index is 0.267. The second kappa shape index (κ2) is 8.45. The van der Waals surface area contributed by atoms with E-state index >= 15 is 0 Å². The van der Waals surface area contributed by atoms with Gasteiger partial charge >= 0.3 is 0 Å². The fraction of sp³-hybridized carbons (Fsp3) is 0.545. The third kappa shape index (κ3) is 4.72. The van der Waals surface area contributed by atoms with Crippen LogP contribution in [0.25, 0.3) is 0 Å². The molecular formula is C22H30N6O. The predicted molar refractivity (Wildman–Crippen MR) is 112 cm³/mol. The van der Waals surface area contributed by atoms with Gasteiger partial charge in [0.1, 0.15) is 0 Å². The zero-order valence-corrected chi connectivity index (χ0v) is 17.4. The lowest BCUT2D eigenvalue weighted by atomic mass is 9.72. The van der Waals surface area contributed by atoms with Crippen molar-refractivity contribution in [3.8, 4) is 0 Å². The molecule has 0 N–H and O–H groups in total. The van der Waals surface area contributed by atoms with Crippen molar-refractivity contribution < 1.29 is 4.79 Å². The maximum atomic E-state index is 12.5. The Labute approximate surface area is 172 Å². The number of carbonyl (C=O) groups is 1. The average Bonchev–Trinajstić information content (AvgIpc) is 2.74. The molecule has 0 atom stereocenters. The third-order valence-corrected chi connectivity index (χ3v) is 6.29. The first-order chi connectivity index (χ1) is 14.0. The van der Waals surface area contributed by atoms with Gasteiger partial charge in [0, 0.05) is 70.5 Å². The molecular weight excluding hydrogens is 364 g/mol. The van der Waals surface area contributed by atoms with Crippen LogP contribution in [-0.2, 0) is 17.9 Å². The zero-order valence-electron chi connectivity index (χ0n) is 17.4. The van der Waals surface area contributed by atoms with Gasteiger partial charge in [0.05, 0.1) is 0 Å². The second-order valence-corrected chi connectivity index (χ2v) is 8.67. The molecule has 0 aromatic carbocycles. The Kier molecular flexibility index (Phi) is 5.76. The number of hydrogen-bond donors (Lipinski definition) is 0. The summed E-state index contributed by atoms with van der Waals surface area (Å²) in [5.41, 5.74) is 2.58. The molecule has 1 spiro atoms. The zero-order chi connectivity index (χ0) is 20.3. The molecule has 29 heavy (non-hydrogen) atoms. The highest BCUT2D eigenvalue weighted by Crippen LogP contribution is 2.40. The van der Waals surface area contributed by atoms with E-state index in [0.717, 1.165) is 62.5 Å². The van der Waals surface area contributed by atoms with E-state index in [1.807, 2.05) is 43.5 Å². The van der Waals surface area contributed by atoms with E-state index in [1.165, 1.54) is 0 Å². The highest BCUT2D eigenvalue weighted by molar-refractivity contribution is 5.77. The molecule has 4 heterocycles. The molecule has 0 unspecified atom stereocenters. The van der Waals surface area contributed by atoms with Gasteiger partial charge in [-0.05, 0) is 55.5 Å². The standard InChI is InChI=1S/C22H30N6O/c1-26(2)21-24-13-19(14-25-21)15-27-11-7-22(8-12-27)6-3-20(29)28(17-22)16-18-4-9-23-10-5-18/h4-5,9-10,13-14H,3,6-8,11-12,15-17H2,1-2H3. The van der Waals surface area contributed by atoms with E-state index < -0.39 is 0 Å². The molecule has 0 radical (unpaired) electrons. The fourth-order valence-corrected chi connectivity index (χ4v) is 4.47. The minimum Gasteiger partial charge on any atom is -0.347 e. The van der Waals surface area contributed by atoms with Crippen molar-refractivity contribution >= 4 is 11.9 Å². The highest BCUT2D eigenvalue weighted by Gasteiger charge is 2.40. The summed E-state index contributed by atoms with van der Waals surface area (Å²) in [6, 6.07) is 4.00. The molecule has 2 aromatic rings.